The van der Waals surface area contributed by atoms with E-state index in [1.807, 2.05) is 0 Å². The number of methoxy groups -OCH3 is 1. The van der Waals surface area contributed by atoms with E-state index < -0.39 is 5.41 Å². The van der Waals surface area contributed by atoms with Gasteiger partial charge in [-0.3, -0.25) is 9.59 Å². The van der Waals surface area contributed by atoms with Crippen LogP contribution in [0.2, 0.25) is 0 Å². The van der Waals surface area contributed by atoms with Gasteiger partial charge in [0.1, 0.15) is 0 Å². The first kappa shape index (κ1) is 27.0. The highest BCUT2D eigenvalue weighted by Crippen LogP contribution is 2.30. The van der Waals surface area contributed by atoms with Gasteiger partial charge >= 0.3 is 5.97 Å². The minimum absolute atomic E-state index is 0.165. The zero-order valence-corrected chi connectivity index (χ0v) is 17.1. The molecular weight excluding hydrogens is 332 g/mol. The number of rotatable bonds is 14. The van der Waals surface area contributed by atoms with Gasteiger partial charge in [0.05, 0.1) is 12.5 Å². The molecule has 156 valence electrons. The molecular formula is C19H42N4O3. The maximum Gasteiger partial charge on any atom is 0.313 e. The van der Waals surface area contributed by atoms with E-state index in [0.29, 0.717) is 38.8 Å². The molecule has 0 rings (SSSR count). The smallest absolute Gasteiger partial charge is 0.313 e. The number of carbonyl (C=O) groups excluding carboxylic acids is 2. The highest BCUT2D eigenvalue weighted by Gasteiger charge is 2.38. The van der Waals surface area contributed by atoms with Crippen LogP contribution in [0.1, 0.15) is 71.6 Å². The SMILES string of the molecule is CCCCCC.COC(=O)C(CCCN)(CCCN)CNC(=O)CCN. The normalized spacial score (nSPS) is 10.7. The largest absolute Gasteiger partial charge is 0.469 e. The molecule has 0 radical (unpaired) electrons. The van der Waals surface area contributed by atoms with E-state index in [9.17, 15) is 9.59 Å². The molecule has 0 atom stereocenters. The van der Waals surface area contributed by atoms with E-state index in [0.717, 1.165) is 0 Å². The number of hydrogen-bond donors (Lipinski definition) is 4. The van der Waals surface area contributed by atoms with Gasteiger partial charge < -0.3 is 27.3 Å². The summed E-state index contributed by atoms with van der Waals surface area (Å²) < 4.78 is 4.91. The molecule has 0 aromatic heterocycles. The average Bonchev–Trinajstić information content (AvgIpc) is 2.66. The minimum Gasteiger partial charge on any atom is -0.469 e. The molecule has 7 nitrogen and oxygen atoms in total. The van der Waals surface area contributed by atoms with Gasteiger partial charge in [0.15, 0.2) is 0 Å². The Morgan fingerprint density at radius 3 is 1.73 bits per heavy atom. The number of nitrogens with two attached hydrogens (primary N) is 3. The summed E-state index contributed by atoms with van der Waals surface area (Å²) >= 11 is 0. The third-order valence-electron chi connectivity index (χ3n) is 4.29. The predicted molar refractivity (Wildman–Crippen MR) is 108 cm³/mol. The maximum atomic E-state index is 12.1. The lowest BCUT2D eigenvalue weighted by Crippen LogP contribution is -2.44. The van der Waals surface area contributed by atoms with Gasteiger partial charge in [0.25, 0.3) is 0 Å². The Morgan fingerprint density at radius 1 is 0.885 bits per heavy atom. The van der Waals surface area contributed by atoms with Crippen LogP contribution in [0.15, 0.2) is 0 Å². The lowest BCUT2D eigenvalue weighted by atomic mass is 9.78. The number of unbranched alkanes of at least 4 members (excludes halogenated alkanes) is 3. The molecule has 0 aliphatic carbocycles. The number of esters is 1. The van der Waals surface area contributed by atoms with E-state index in [4.69, 9.17) is 21.9 Å². The van der Waals surface area contributed by atoms with Crippen LogP contribution in [0.3, 0.4) is 0 Å². The summed E-state index contributed by atoms with van der Waals surface area (Å²) in [6.45, 7) is 5.95. The number of ether oxygens (including phenoxy) is 1. The van der Waals surface area contributed by atoms with Crippen LogP contribution in [0, 0.1) is 5.41 Å². The standard InChI is InChI=1S/C13H28N4O3.C6H14/c1-20-12(19)13(5-2-7-14,6-3-8-15)10-17-11(18)4-9-16;1-3-5-6-4-2/h2-10,14-16H2,1H3,(H,17,18);3-6H2,1-2H3. The van der Waals surface area contributed by atoms with Crippen molar-refractivity contribution in [3.8, 4) is 0 Å². The highest BCUT2D eigenvalue weighted by atomic mass is 16.5. The molecule has 0 fully saturated rings. The van der Waals surface area contributed by atoms with Crippen molar-refractivity contribution < 1.29 is 14.3 Å². The van der Waals surface area contributed by atoms with Crippen LogP contribution < -0.4 is 22.5 Å². The zero-order valence-electron chi connectivity index (χ0n) is 17.1. The van der Waals surface area contributed by atoms with Crippen LogP contribution >= 0.6 is 0 Å². The van der Waals surface area contributed by atoms with E-state index in [-0.39, 0.29) is 31.4 Å². The highest BCUT2D eigenvalue weighted by molar-refractivity contribution is 5.80. The van der Waals surface area contributed by atoms with Gasteiger partial charge in [-0.25, -0.2) is 0 Å². The minimum atomic E-state index is -0.752. The summed E-state index contributed by atoms with van der Waals surface area (Å²) in [5.74, 6) is -0.492. The molecule has 7 N–H and O–H groups in total. The molecule has 0 aliphatic rings. The maximum absolute atomic E-state index is 12.1. The third kappa shape index (κ3) is 13.1. The van der Waals surface area contributed by atoms with Crippen molar-refractivity contribution in [3.05, 3.63) is 0 Å². The zero-order chi connectivity index (χ0) is 20.3. The van der Waals surface area contributed by atoms with E-state index in [2.05, 4.69) is 19.2 Å². The Bertz CT molecular complexity index is 340. The number of hydrogen-bond acceptors (Lipinski definition) is 6. The second kappa shape index (κ2) is 18.6. The molecule has 7 heteroatoms. The summed E-state index contributed by atoms with van der Waals surface area (Å²) in [5.41, 5.74) is 15.6. The molecule has 1 amide bonds. The first-order valence-corrected chi connectivity index (χ1v) is 9.93. The second-order valence-electron chi connectivity index (χ2n) is 6.58. The Balaban J connectivity index is 0. The van der Waals surface area contributed by atoms with Crippen molar-refractivity contribution >= 4 is 11.9 Å². The Hall–Kier alpha value is -1.18. The summed E-state index contributed by atoms with van der Waals surface area (Å²) in [7, 11) is 1.35. The van der Waals surface area contributed by atoms with Crippen LogP contribution in [0.5, 0.6) is 0 Å². The quantitative estimate of drug-likeness (QED) is 0.270. The lowest BCUT2D eigenvalue weighted by Gasteiger charge is -2.31. The Kier molecular flexibility index (Phi) is 19.4. The molecule has 0 unspecified atom stereocenters. The fraction of sp³-hybridized carbons (Fsp3) is 0.895. The van der Waals surface area contributed by atoms with Gasteiger partial charge in [-0.05, 0) is 38.8 Å². The van der Waals surface area contributed by atoms with Crippen LogP contribution in [-0.2, 0) is 14.3 Å². The van der Waals surface area contributed by atoms with Gasteiger partial charge in [0, 0.05) is 19.5 Å². The molecule has 0 aliphatic heterocycles. The van der Waals surface area contributed by atoms with Crippen molar-refractivity contribution in [2.24, 2.45) is 22.6 Å². The Labute approximate surface area is 159 Å². The molecule has 0 aromatic rings. The van der Waals surface area contributed by atoms with Crippen molar-refractivity contribution in [2.75, 3.05) is 33.3 Å². The topological polar surface area (TPSA) is 133 Å². The lowest BCUT2D eigenvalue weighted by molar-refractivity contribution is -0.154. The van der Waals surface area contributed by atoms with Gasteiger partial charge in [-0.2, -0.15) is 0 Å². The third-order valence-corrected chi connectivity index (χ3v) is 4.29. The van der Waals surface area contributed by atoms with E-state index in [1.165, 1.54) is 32.8 Å². The van der Waals surface area contributed by atoms with Crippen LogP contribution in [0.4, 0.5) is 0 Å². The van der Waals surface area contributed by atoms with Crippen molar-refractivity contribution in [1.82, 2.24) is 5.32 Å². The summed E-state index contributed by atoms with van der Waals surface area (Å²) in [5, 5.41) is 2.76. The van der Waals surface area contributed by atoms with E-state index in [1.54, 1.807) is 0 Å². The van der Waals surface area contributed by atoms with Crippen molar-refractivity contribution in [3.63, 3.8) is 0 Å². The fourth-order valence-corrected chi connectivity index (χ4v) is 2.66. The van der Waals surface area contributed by atoms with Crippen molar-refractivity contribution in [1.29, 1.82) is 0 Å². The molecule has 0 bridgehead atoms. The van der Waals surface area contributed by atoms with Crippen LogP contribution in [-0.4, -0.2) is 45.2 Å². The molecule has 0 heterocycles. The van der Waals surface area contributed by atoms with Gasteiger partial charge in [-0.1, -0.05) is 39.5 Å². The average molecular weight is 375 g/mol. The monoisotopic (exact) mass is 374 g/mol. The number of amides is 1. The van der Waals surface area contributed by atoms with Gasteiger partial charge in [-0.15, -0.1) is 0 Å². The van der Waals surface area contributed by atoms with E-state index >= 15 is 0 Å². The first-order chi connectivity index (χ1) is 12.5. The first-order valence-electron chi connectivity index (χ1n) is 9.93. The fourth-order valence-electron chi connectivity index (χ4n) is 2.66. The Morgan fingerprint density at radius 2 is 1.38 bits per heavy atom. The molecule has 26 heavy (non-hydrogen) atoms. The summed E-state index contributed by atoms with van der Waals surface area (Å²) in [6, 6.07) is 0. The van der Waals surface area contributed by atoms with Crippen LogP contribution in [0.25, 0.3) is 0 Å². The summed E-state index contributed by atoms with van der Waals surface area (Å²) in [4.78, 5) is 23.7. The molecule has 0 saturated heterocycles. The molecule has 0 aromatic carbocycles. The number of carbonyl (C=O) groups is 2. The second-order valence-corrected chi connectivity index (χ2v) is 6.58. The summed E-state index contributed by atoms with van der Waals surface area (Å²) in [6.07, 6.45) is 8.29. The molecule has 0 spiro atoms. The predicted octanol–water partition coefficient (Wildman–Crippen LogP) is 1.68. The van der Waals surface area contributed by atoms with Gasteiger partial charge in [0.2, 0.25) is 5.91 Å². The van der Waals surface area contributed by atoms with Crippen molar-refractivity contribution in [2.45, 2.75) is 71.6 Å². The number of nitrogens with one attached hydrogen (secondary N) is 1. The molecule has 0 saturated carbocycles.